The average molecular weight is 2080 g/mol. The average Bonchev–Trinajstić information content (AvgIpc) is 2.67. The molecule has 0 fully saturated rings. The molecule has 0 saturated carbocycles. The molecule has 453 valence electrons. The van der Waals surface area contributed by atoms with Crippen molar-refractivity contribution in [2.24, 2.45) is 0 Å². The van der Waals surface area contributed by atoms with Crippen LogP contribution >= 0.6 is 22.7 Å². The molecule has 0 aliphatic carbocycles. The van der Waals surface area contributed by atoms with Crippen LogP contribution in [0.2, 0.25) is 0 Å². The third-order valence-electron chi connectivity index (χ3n) is 13.1. The zero-order valence-corrected chi connectivity index (χ0v) is 61.0. The first-order valence-corrected chi connectivity index (χ1v) is 28.5. The van der Waals surface area contributed by atoms with E-state index in [1.165, 1.54) is 57.3 Å². The van der Waals surface area contributed by atoms with E-state index in [0.29, 0.717) is 5.89 Å². The van der Waals surface area contributed by atoms with Gasteiger partial charge < -0.3 is 13.3 Å². The monoisotopic (exact) mass is 2080 g/mol. The number of nitrogens with zero attached hydrogens (tertiary/aromatic N) is 5. The maximum Gasteiger partial charge on any atom is 0.216 e. The number of hydrogen-bond acceptors (Lipinski definition) is 10. The maximum absolute atomic E-state index is 6.11. The van der Waals surface area contributed by atoms with Gasteiger partial charge in [-0.15, -0.1) is 190 Å². The van der Waals surface area contributed by atoms with Gasteiger partial charge in [-0.3, -0.25) is 24.9 Å². The van der Waals surface area contributed by atoms with Gasteiger partial charge in [-0.1, -0.05) is 129 Å². The molecule has 9 aromatic carbocycles. The normalized spacial score (nSPS) is 9.82. The van der Waals surface area contributed by atoms with Crippen LogP contribution in [0.3, 0.4) is 0 Å². The summed E-state index contributed by atoms with van der Waals surface area (Å²) in [4.78, 5) is 21.3. The molecular formula is C73H54Ir3N5O3Pt2S2-5. The van der Waals surface area contributed by atoms with Crippen LogP contribution in [0.25, 0.3) is 101 Å². The fraction of sp³-hybridized carbons (Fsp3) is 0.0548. The maximum atomic E-state index is 6.11. The van der Waals surface area contributed by atoms with E-state index in [0.717, 1.165) is 73.2 Å². The predicted molar refractivity (Wildman–Crippen MR) is 336 cm³/mol. The molecule has 14 aromatic rings. The summed E-state index contributed by atoms with van der Waals surface area (Å²) in [5, 5.41) is 4.07. The summed E-state index contributed by atoms with van der Waals surface area (Å²) in [5.74, 6) is 1.39. The first kappa shape index (κ1) is 71.9. The van der Waals surface area contributed by atoms with Gasteiger partial charge in [0.1, 0.15) is 5.76 Å². The van der Waals surface area contributed by atoms with Gasteiger partial charge in [0.2, 0.25) is 5.89 Å². The largest absolute Gasteiger partial charge is 0.462 e. The first-order chi connectivity index (χ1) is 40.9. The van der Waals surface area contributed by atoms with Gasteiger partial charge >= 0.3 is 0 Å². The Bertz CT molecular complexity index is 3860. The number of aromatic nitrogens is 5. The molecule has 0 spiro atoms. The van der Waals surface area contributed by atoms with E-state index in [2.05, 4.69) is 139 Å². The van der Waals surface area contributed by atoms with Gasteiger partial charge in [0.05, 0.1) is 23.5 Å². The summed E-state index contributed by atoms with van der Waals surface area (Å²) >= 11 is 3.21. The predicted octanol–water partition coefficient (Wildman–Crippen LogP) is 19.5. The molecule has 3 radical (unpaired) electrons. The molecular weight excluding hydrogens is 2030 g/mol. The van der Waals surface area contributed by atoms with Crippen molar-refractivity contribution in [2.45, 2.75) is 27.7 Å². The summed E-state index contributed by atoms with van der Waals surface area (Å²) in [6.45, 7) is 8.56. The number of thiazole rings is 2. The molecule has 14 rings (SSSR count). The van der Waals surface area contributed by atoms with Crippen LogP contribution in [0.4, 0.5) is 0 Å². The van der Waals surface area contributed by atoms with Crippen LogP contribution < -0.4 is 0 Å². The van der Waals surface area contributed by atoms with Crippen LogP contribution in [-0.2, 0) is 102 Å². The topological polar surface area (TPSA) is 104 Å². The van der Waals surface area contributed by atoms with Gasteiger partial charge in [0, 0.05) is 131 Å². The molecule has 0 aliphatic heterocycles. The Kier molecular flexibility index (Phi) is 30.5. The third kappa shape index (κ3) is 19.6. The van der Waals surface area contributed by atoms with E-state index in [1.807, 2.05) is 167 Å². The van der Waals surface area contributed by atoms with Crippen molar-refractivity contribution >= 4 is 22.7 Å². The number of oxazole rings is 3. The standard InChI is InChI=1S/C21H14NO.C17H14NO.C17H14NS.C9H6NO.C9H6NS.3Ir.2Pt/c1-4-10-16(11-5-1)19-20(17-12-6-2-7-13-17)23-21(22-19)18-14-8-3-9-15-18;2*1-12-4-3-5-13(2)17(12)15-8-6-14(7-9-15)16-10-19-11-18-16;2*1-2-4-8(5-3-1)9-6-11-7-10-9;;;;;/h1-10,12-15H;2*3-6,8-11H,1-2H3;2*1-4,6-7H;;;;;/q5*-1;;;;;. The molecule has 8 nitrogen and oxygen atoms in total. The molecule has 0 amide bonds. The second-order valence-electron chi connectivity index (χ2n) is 18.8. The van der Waals surface area contributed by atoms with Crippen LogP contribution in [0.15, 0.2) is 267 Å². The number of benzene rings is 9. The number of rotatable bonds is 9. The molecule has 0 aliphatic rings. The zero-order valence-electron chi connectivity index (χ0n) is 47.7. The second kappa shape index (κ2) is 37.3. The summed E-state index contributed by atoms with van der Waals surface area (Å²) in [7, 11) is 0. The van der Waals surface area contributed by atoms with E-state index < -0.39 is 0 Å². The van der Waals surface area contributed by atoms with Gasteiger partial charge in [-0.2, -0.15) is 0 Å². The molecule has 0 saturated heterocycles. The Labute approximate surface area is 592 Å². The minimum absolute atomic E-state index is 0. The second-order valence-corrected chi connectivity index (χ2v) is 20.2. The van der Waals surface area contributed by atoms with Crippen LogP contribution in [-0.4, -0.2) is 24.9 Å². The molecule has 88 heavy (non-hydrogen) atoms. The fourth-order valence-electron chi connectivity index (χ4n) is 9.04. The van der Waals surface area contributed by atoms with E-state index in [-0.39, 0.29) is 102 Å². The third-order valence-corrected chi connectivity index (χ3v) is 14.2. The molecule has 0 unspecified atom stereocenters. The Hall–Kier alpha value is -6.81. The van der Waals surface area contributed by atoms with Crippen molar-refractivity contribution in [3.8, 4) is 101 Å². The summed E-state index contributed by atoms with van der Waals surface area (Å²) in [5.41, 5.74) is 25.2. The van der Waals surface area contributed by atoms with E-state index in [4.69, 9.17) is 18.2 Å². The van der Waals surface area contributed by atoms with E-state index in [1.54, 1.807) is 35.2 Å². The molecule has 0 atom stereocenters. The van der Waals surface area contributed by atoms with Crippen molar-refractivity contribution in [1.82, 2.24) is 24.9 Å². The Balaban J connectivity index is 0.000000202. The van der Waals surface area contributed by atoms with Crippen molar-refractivity contribution in [3.63, 3.8) is 0 Å². The van der Waals surface area contributed by atoms with Gasteiger partial charge in [0.25, 0.3) is 0 Å². The SMILES string of the molecule is Cc1cccc(C)c1-c1c[c-]c(-c2cocn2)cc1.Cc1cccc(C)c1-c1c[c-]c(-c2cscn2)cc1.[Ir].[Ir].[Ir].[Pt].[Pt].[c-]1ccccc1-c1cocn1.[c-]1ccccc1-c1cscn1.[c-]1ccccc1-c1nc(-c2ccccc2)oc1-c1ccccc1. The Morgan fingerprint density at radius 1 is 0.364 bits per heavy atom. The van der Waals surface area contributed by atoms with Crippen molar-refractivity contribution in [1.29, 1.82) is 0 Å². The Morgan fingerprint density at radius 2 is 0.761 bits per heavy atom. The quantitative estimate of drug-likeness (QED) is 0.132. The molecule has 0 N–H and O–H groups in total. The fourth-order valence-corrected chi connectivity index (χ4v) is 10.1. The molecule has 15 heteroatoms. The van der Waals surface area contributed by atoms with Crippen LogP contribution in [0.1, 0.15) is 22.3 Å². The minimum Gasteiger partial charge on any atom is -0.462 e. The van der Waals surface area contributed by atoms with Crippen molar-refractivity contribution < 1.29 is 116 Å². The summed E-state index contributed by atoms with van der Waals surface area (Å²) in [6.07, 6.45) is 6.08. The van der Waals surface area contributed by atoms with Gasteiger partial charge in [-0.25, -0.2) is 0 Å². The smallest absolute Gasteiger partial charge is 0.216 e. The summed E-state index contributed by atoms with van der Waals surface area (Å²) in [6, 6.07) is 84.5. The number of hydrogen-bond donors (Lipinski definition) is 0. The first-order valence-electron chi connectivity index (χ1n) is 26.6. The van der Waals surface area contributed by atoms with Crippen LogP contribution in [0.5, 0.6) is 0 Å². The number of aryl methyl sites for hydroxylation is 4. The van der Waals surface area contributed by atoms with E-state index in [9.17, 15) is 0 Å². The van der Waals surface area contributed by atoms with Crippen LogP contribution in [0, 0.1) is 58.0 Å². The van der Waals surface area contributed by atoms with Gasteiger partial charge in [-0.05, 0) is 62.0 Å². The zero-order chi connectivity index (χ0) is 57.0. The molecule has 0 bridgehead atoms. The molecule has 5 aromatic heterocycles. The van der Waals surface area contributed by atoms with Crippen molar-refractivity contribution in [2.75, 3.05) is 0 Å². The molecule has 5 heterocycles. The minimum atomic E-state index is 0. The Morgan fingerprint density at radius 3 is 1.14 bits per heavy atom. The summed E-state index contributed by atoms with van der Waals surface area (Å²) < 4.78 is 15.9. The van der Waals surface area contributed by atoms with Crippen molar-refractivity contribution in [3.05, 3.63) is 306 Å². The van der Waals surface area contributed by atoms with E-state index >= 15 is 0 Å². The van der Waals surface area contributed by atoms with Gasteiger partial charge in [0.15, 0.2) is 12.8 Å².